The summed E-state index contributed by atoms with van der Waals surface area (Å²) in [6, 6.07) is 1.03. The van der Waals surface area contributed by atoms with E-state index < -0.39 is 34.6 Å². The average molecular weight is 244 g/mol. The van der Waals surface area contributed by atoms with E-state index in [0.29, 0.717) is 12.1 Å². The number of aliphatic imine (C=N–C) groups is 1. The van der Waals surface area contributed by atoms with Gasteiger partial charge in [0.1, 0.15) is 0 Å². The lowest BCUT2D eigenvalue weighted by Crippen LogP contribution is -2.02. The van der Waals surface area contributed by atoms with Crippen molar-refractivity contribution in [1.29, 1.82) is 0 Å². The summed E-state index contributed by atoms with van der Waals surface area (Å²) in [4.78, 5) is 23.4. The summed E-state index contributed by atoms with van der Waals surface area (Å²) < 4.78 is 25.6. The first-order valence-corrected chi connectivity index (χ1v) is 4.28. The van der Waals surface area contributed by atoms with E-state index in [9.17, 15) is 23.7 Å². The average Bonchev–Trinajstić information content (AvgIpc) is 2.22. The molecule has 1 aromatic carbocycles. The zero-order valence-corrected chi connectivity index (χ0v) is 8.26. The predicted octanol–water partition coefficient (Wildman–Crippen LogP) is 1.64. The molecule has 1 aromatic rings. The van der Waals surface area contributed by atoms with Crippen LogP contribution in [0.2, 0.25) is 0 Å². The van der Waals surface area contributed by atoms with E-state index in [0.717, 1.165) is 6.21 Å². The van der Waals surface area contributed by atoms with Crippen molar-refractivity contribution in [3.8, 4) is 0 Å². The highest BCUT2D eigenvalue weighted by atomic mass is 19.2. The van der Waals surface area contributed by atoms with Gasteiger partial charge < -0.3 is 5.11 Å². The Balaban J connectivity index is 3.13. The summed E-state index contributed by atoms with van der Waals surface area (Å²) in [5.74, 6) is -4.10. The van der Waals surface area contributed by atoms with Gasteiger partial charge in [-0.3, -0.25) is 15.1 Å². The maximum Gasteiger partial charge on any atom is 0.338 e. The van der Waals surface area contributed by atoms with Gasteiger partial charge in [-0.2, -0.15) is 0 Å². The van der Waals surface area contributed by atoms with Crippen molar-refractivity contribution in [2.45, 2.75) is 0 Å². The summed E-state index contributed by atoms with van der Waals surface area (Å²) >= 11 is 0. The van der Waals surface area contributed by atoms with Crippen LogP contribution in [-0.4, -0.2) is 28.8 Å². The Kier molecular flexibility index (Phi) is 3.81. The highest BCUT2D eigenvalue weighted by Crippen LogP contribution is 2.22. The first-order valence-electron chi connectivity index (χ1n) is 4.28. The van der Waals surface area contributed by atoms with Gasteiger partial charge in [-0.25, -0.2) is 13.6 Å². The molecule has 0 aromatic heterocycles. The first-order chi connectivity index (χ1) is 7.91. The molecule has 1 N–H and O–H groups in total. The molecule has 8 heteroatoms. The number of hydrogen-bond donors (Lipinski definition) is 1. The second-order valence-corrected chi connectivity index (χ2v) is 2.92. The molecule has 0 aliphatic heterocycles. The van der Waals surface area contributed by atoms with Crippen LogP contribution in [0.5, 0.6) is 0 Å². The number of rotatable bonds is 4. The highest BCUT2D eigenvalue weighted by Gasteiger charge is 2.14. The third kappa shape index (κ3) is 3.30. The van der Waals surface area contributed by atoms with Crippen LogP contribution in [0.1, 0.15) is 10.4 Å². The van der Waals surface area contributed by atoms with Crippen LogP contribution in [0.25, 0.3) is 0 Å². The minimum absolute atomic E-state index is 0.377. The van der Waals surface area contributed by atoms with Gasteiger partial charge >= 0.3 is 5.97 Å². The number of nitro groups is 1. The van der Waals surface area contributed by atoms with Gasteiger partial charge in [0, 0.05) is 11.0 Å². The molecule has 0 saturated heterocycles. The minimum Gasteiger partial charge on any atom is -0.478 e. The Morgan fingerprint density at radius 1 is 1.47 bits per heavy atom. The quantitative estimate of drug-likeness (QED) is 0.495. The van der Waals surface area contributed by atoms with E-state index in [1.165, 1.54) is 0 Å². The van der Waals surface area contributed by atoms with Crippen molar-refractivity contribution < 1.29 is 23.6 Å². The van der Waals surface area contributed by atoms with Crippen LogP contribution >= 0.6 is 0 Å². The largest absolute Gasteiger partial charge is 0.478 e. The van der Waals surface area contributed by atoms with E-state index in [1.54, 1.807) is 0 Å². The van der Waals surface area contributed by atoms with Crippen LogP contribution < -0.4 is 0 Å². The number of carboxylic acid groups (broad SMARTS) is 1. The van der Waals surface area contributed by atoms with Crippen LogP contribution in [0, 0.1) is 21.7 Å². The molecule has 1 rings (SSSR count). The Labute approximate surface area is 93.4 Å². The summed E-state index contributed by atoms with van der Waals surface area (Å²) in [6.07, 6.45) is 0.805. The van der Waals surface area contributed by atoms with Gasteiger partial charge in [0.2, 0.25) is 6.54 Å². The van der Waals surface area contributed by atoms with Crippen molar-refractivity contribution in [3.05, 3.63) is 39.4 Å². The second-order valence-electron chi connectivity index (χ2n) is 2.92. The van der Waals surface area contributed by atoms with Crippen molar-refractivity contribution in [3.63, 3.8) is 0 Å². The maximum absolute atomic E-state index is 12.8. The number of nitrogens with zero attached hydrogens (tertiary/aromatic N) is 2. The SMILES string of the molecule is O=C(O)c1cc(F)c(F)cc1N=CC[N+](=O)[O-]. The molecule has 17 heavy (non-hydrogen) atoms. The van der Waals surface area contributed by atoms with Gasteiger partial charge in [0.05, 0.1) is 17.5 Å². The standard InChI is InChI=1S/C9H6F2N2O4/c10-6-3-5(9(14)15)8(4-7(6)11)12-1-2-13(16)17/h1,3-4H,2H2,(H,14,15). The lowest BCUT2D eigenvalue weighted by molar-refractivity contribution is -0.462. The molecule has 0 unspecified atom stereocenters. The molecule has 0 bridgehead atoms. The van der Waals surface area contributed by atoms with Crippen LogP contribution in [0.3, 0.4) is 0 Å². The van der Waals surface area contributed by atoms with Crippen molar-refractivity contribution in [1.82, 2.24) is 0 Å². The number of carbonyl (C=O) groups is 1. The fraction of sp³-hybridized carbons (Fsp3) is 0.111. The number of aromatic carboxylic acids is 1. The maximum atomic E-state index is 12.8. The fourth-order valence-electron chi connectivity index (χ4n) is 1.02. The van der Waals surface area contributed by atoms with Crippen molar-refractivity contribution in [2.24, 2.45) is 4.99 Å². The van der Waals surface area contributed by atoms with Gasteiger partial charge in [0.25, 0.3) is 0 Å². The lowest BCUT2D eigenvalue weighted by atomic mass is 10.1. The number of hydrogen-bond acceptors (Lipinski definition) is 4. The van der Waals surface area contributed by atoms with E-state index in [1.807, 2.05) is 0 Å². The molecular formula is C9H6F2N2O4. The van der Waals surface area contributed by atoms with E-state index in [-0.39, 0.29) is 5.69 Å². The Morgan fingerprint density at radius 3 is 2.59 bits per heavy atom. The smallest absolute Gasteiger partial charge is 0.338 e. The molecule has 0 aliphatic carbocycles. The molecule has 0 radical (unpaired) electrons. The number of benzene rings is 1. The summed E-state index contributed by atoms with van der Waals surface area (Å²) in [7, 11) is 0. The van der Waals surface area contributed by atoms with Crippen LogP contribution in [0.15, 0.2) is 17.1 Å². The Morgan fingerprint density at radius 2 is 2.06 bits per heavy atom. The molecule has 0 aliphatic rings. The molecule has 0 saturated carbocycles. The minimum atomic E-state index is -1.50. The number of carboxylic acids is 1. The van der Waals surface area contributed by atoms with Gasteiger partial charge in [-0.1, -0.05) is 0 Å². The zero-order chi connectivity index (χ0) is 13.0. The second kappa shape index (κ2) is 5.10. The third-order valence-corrected chi connectivity index (χ3v) is 1.73. The molecule has 6 nitrogen and oxygen atoms in total. The van der Waals surface area contributed by atoms with Gasteiger partial charge in [-0.15, -0.1) is 0 Å². The van der Waals surface area contributed by atoms with Gasteiger partial charge in [-0.05, 0) is 6.07 Å². The first kappa shape index (κ1) is 12.7. The molecule has 90 valence electrons. The monoisotopic (exact) mass is 244 g/mol. The van der Waals surface area contributed by atoms with Crippen molar-refractivity contribution in [2.75, 3.05) is 6.54 Å². The summed E-state index contributed by atoms with van der Waals surface area (Å²) in [5, 5.41) is 18.7. The van der Waals surface area contributed by atoms with E-state index in [4.69, 9.17) is 5.11 Å². The summed E-state index contributed by atoms with van der Waals surface area (Å²) in [5.41, 5.74) is -0.943. The highest BCUT2D eigenvalue weighted by molar-refractivity contribution is 5.94. The molecule has 0 spiro atoms. The Hall–Kier alpha value is -2.38. The van der Waals surface area contributed by atoms with E-state index in [2.05, 4.69) is 4.99 Å². The third-order valence-electron chi connectivity index (χ3n) is 1.73. The normalized spacial score (nSPS) is 10.7. The summed E-state index contributed by atoms with van der Waals surface area (Å²) in [6.45, 7) is -0.641. The Bertz CT molecular complexity index is 502. The van der Waals surface area contributed by atoms with E-state index >= 15 is 0 Å². The molecular weight excluding hydrogens is 238 g/mol. The van der Waals surface area contributed by atoms with Crippen molar-refractivity contribution >= 4 is 17.9 Å². The zero-order valence-electron chi connectivity index (χ0n) is 8.26. The lowest BCUT2D eigenvalue weighted by Gasteiger charge is -2.01. The predicted molar refractivity (Wildman–Crippen MR) is 53.3 cm³/mol. The van der Waals surface area contributed by atoms with Crippen LogP contribution in [0.4, 0.5) is 14.5 Å². The fourth-order valence-corrected chi connectivity index (χ4v) is 1.02. The molecule has 0 amide bonds. The number of halogens is 2. The molecule has 0 atom stereocenters. The van der Waals surface area contributed by atoms with Crippen LogP contribution in [-0.2, 0) is 0 Å². The molecule has 0 fully saturated rings. The topological polar surface area (TPSA) is 92.8 Å². The molecule has 0 heterocycles. The van der Waals surface area contributed by atoms with Gasteiger partial charge in [0.15, 0.2) is 11.6 Å².